The maximum atomic E-state index is 11.8. The van der Waals surface area contributed by atoms with Crippen molar-refractivity contribution in [3.63, 3.8) is 0 Å². The van der Waals surface area contributed by atoms with Crippen LogP contribution < -0.4 is 5.32 Å². The molecule has 2 rings (SSSR count). The highest BCUT2D eigenvalue weighted by Crippen LogP contribution is 2.24. The zero-order chi connectivity index (χ0) is 14.8. The fraction of sp³-hybridized carbons (Fsp3) is 0.636. The van der Waals surface area contributed by atoms with Crippen LogP contribution in [0.1, 0.15) is 18.6 Å². The number of hydrogen-bond donors (Lipinski definition) is 2. The summed E-state index contributed by atoms with van der Waals surface area (Å²) < 4.78 is 10.00. The van der Waals surface area contributed by atoms with Gasteiger partial charge in [0.25, 0.3) is 0 Å². The van der Waals surface area contributed by atoms with Gasteiger partial charge in [-0.05, 0) is 6.92 Å². The molecule has 1 saturated heterocycles. The number of carbonyl (C=O) groups is 2. The second-order valence-electron chi connectivity index (χ2n) is 4.88. The number of nitrogens with one attached hydrogen (secondary N) is 1. The van der Waals surface area contributed by atoms with Crippen LogP contribution in [0.25, 0.3) is 0 Å². The van der Waals surface area contributed by atoms with Gasteiger partial charge in [-0.15, -0.1) is 0 Å². The Kier molecular flexibility index (Phi) is 3.89. The molecule has 9 nitrogen and oxygen atoms in total. The topological polar surface area (TPSA) is 118 Å². The van der Waals surface area contributed by atoms with Gasteiger partial charge in [-0.3, -0.25) is 0 Å². The van der Waals surface area contributed by atoms with Crippen LogP contribution >= 0.6 is 0 Å². The second-order valence-corrected chi connectivity index (χ2v) is 4.88. The van der Waals surface area contributed by atoms with Crippen LogP contribution in [0.15, 0.2) is 4.52 Å². The van der Waals surface area contributed by atoms with Crippen molar-refractivity contribution in [2.24, 2.45) is 0 Å². The van der Waals surface area contributed by atoms with Crippen molar-refractivity contribution in [1.29, 1.82) is 0 Å². The zero-order valence-corrected chi connectivity index (χ0v) is 11.3. The summed E-state index contributed by atoms with van der Waals surface area (Å²) in [6, 6.07) is -0.274. The third-order valence-corrected chi connectivity index (χ3v) is 2.85. The monoisotopic (exact) mass is 284 g/mol. The molecule has 1 fully saturated rings. The Balaban J connectivity index is 1.72. The summed E-state index contributed by atoms with van der Waals surface area (Å²) in [4.78, 5) is 27.7. The standard InChI is InChI=1S/C11H16N4O5/c1-7-13-8(14-20-7)3-12-10(18)15-5-11(2,6-15)19-4-9(16)17/h3-6H2,1-2H3,(H,12,18)(H,16,17). The first-order valence-corrected chi connectivity index (χ1v) is 6.06. The predicted octanol–water partition coefficient (Wildman–Crippen LogP) is -0.237. The number of carboxylic acids is 1. The van der Waals surface area contributed by atoms with Crippen molar-refractivity contribution in [2.45, 2.75) is 26.0 Å². The van der Waals surface area contributed by atoms with Gasteiger partial charge in [0.1, 0.15) is 12.2 Å². The molecule has 20 heavy (non-hydrogen) atoms. The van der Waals surface area contributed by atoms with E-state index >= 15 is 0 Å². The number of amides is 2. The van der Waals surface area contributed by atoms with E-state index in [9.17, 15) is 9.59 Å². The Morgan fingerprint density at radius 2 is 2.25 bits per heavy atom. The summed E-state index contributed by atoms with van der Waals surface area (Å²) in [5.41, 5.74) is -0.599. The Morgan fingerprint density at radius 1 is 1.55 bits per heavy atom. The summed E-state index contributed by atoms with van der Waals surface area (Å²) >= 11 is 0. The number of aliphatic carboxylic acids is 1. The number of aromatic nitrogens is 2. The molecular weight excluding hydrogens is 268 g/mol. The van der Waals surface area contributed by atoms with E-state index in [1.165, 1.54) is 4.90 Å². The van der Waals surface area contributed by atoms with Crippen molar-refractivity contribution < 1.29 is 24.0 Å². The number of rotatable bonds is 5. The Bertz CT molecular complexity index is 509. The van der Waals surface area contributed by atoms with Gasteiger partial charge in [-0.1, -0.05) is 5.16 Å². The van der Waals surface area contributed by atoms with Crippen molar-refractivity contribution in [3.8, 4) is 0 Å². The lowest BCUT2D eigenvalue weighted by Crippen LogP contribution is -2.65. The molecule has 0 aliphatic carbocycles. The van der Waals surface area contributed by atoms with E-state index in [2.05, 4.69) is 15.5 Å². The minimum absolute atomic E-state index is 0.180. The quantitative estimate of drug-likeness (QED) is 0.766. The summed E-state index contributed by atoms with van der Waals surface area (Å²) in [5, 5.41) is 14.8. The van der Waals surface area contributed by atoms with Gasteiger partial charge in [-0.2, -0.15) is 4.98 Å². The molecule has 0 spiro atoms. The van der Waals surface area contributed by atoms with Crippen LogP contribution in [0.2, 0.25) is 0 Å². The SMILES string of the molecule is Cc1nc(CNC(=O)N2CC(C)(OCC(=O)O)C2)no1. The van der Waals surface area contributed by atoms with Gasteiger partial charge in [0.05, 0.1) is 19.6 Å². The molecule has 0 bridgehead atoms. The first-order chi connectivity index (χ1) is 9.38. The lowest BCUT2D eigenvalue weighted by molar-refractivity contribution is -0.159. The van der Waals surface area contributed by atoms with Crippen molar-refractivity contribution in [1.82, 2.24) is 20.4 Å². The largest absolute Gasteiger partial charge is 0.480 e. The van der Waals surface area contributed by atoms with Gasteiger partial charge >= 0.3 is 12.0 Å². The van der Waals surface area contributed by atoms with E-state index in [1.807, 2.05) is 0 Å². The third kappa shape index (κ3) is 3.44. The first kappa shape index (κ1) is 14.3. The minimum atomic E-state index is -1.03. The third-order valence-electron chi connectivity index (χ3n) is 2.85. The minimum Gasteiger partial charge on any atom is -0.480 e. The van der Waals surface area contributed by atoms with Crippen LogP contribution in [-0.2, 0) is 16.1 Å². The fourth-order valence-electron chi connectivity index (χ4n) is 1.91. The summed E-state index contributed by atoms with van der Waals surface area (Å²) in [6.45, 7) is 3.93. The number of carboxylic acid groups (broad SMARTS) is 1. The molecule has 1 aromatic rings. The first-order valence-electron chi connectivity index (χ1n) is 6.06. The molecule has 1 aliphatic heterocycles. The maximum absolute atomic E-state index is 11.8. The molecule has 1 aromatic heterocycles. The van der Waals surface area contributed by atoms with E-state index in [4.69, 9.17) is 14.4 Å². The number of nitrogens with zero attached hydrogens (tertiary/aromatic N) is 3. The number of likely N-dealkylation sites (tertiary alicyclic amines) is 1. The molecule has 2 N–H and O–H groups in total. The van der Waals surface area contributed by atoms with E-state index in [0.29, 0.717) is 24.8 Å². The van der Waals surface area contributed by atoms with E-state index in [1.54, 1.807) is 13.8 Å². The highest BCUT2D eigenvalue weighted by atomic mass is 16.5. The van der Waals surface area contributed by atoms with E-state index < -0.39 is 11.6 Å². The number of aryl methyl sites for hydroxylation is 1. The van der Waals surface area contributed by atoms with Crippen molar-refractivity contribution in [3.05, 3.63) is 11.7 Å². The Labute approximate surface area is 114 Å². The Morgan fingerprint density at radius 3 is 2.80 bits per heavy atom. The molecule has 2 amide bonds. The lowest BCUT2D eigenvalue weighted by atomic mass is 9.97. The second kappa shape index (κ2) is 5.45. The average molecular weight is 284 g/mol. The summed E-state index contributed by atoms with van der Waals surface area (Å²) in [7, 11) is 0. The molecule has 110 valence electrons. The molecular formula is C11H16N4O5. The van der Waals surface area contributed by atoms with Crippen LogP contribution in [0.3, 0.4) is 0 Å². The molecule has 1 aliphatic rings. The van der Waals surface area contributed by atoms with Crippen LogP contribution in [0, 0.1) is 6.92 Å². The fourth-order valence-corrected chi connectivity index (χ4v) is 1.91. The molecule has 0 radical (unpaired) electrons. The van der Waals surface area contributed by atoms with Gasteiger partial charge in [0, 0.05) is 6.92 Å². The Hall–Kier alpha value is -2.16. The highest BCUT2D eigenvalue weighted by molar-refractivity contribution is 5.75. The van der Waals surface area contributed by atoms with Crippen LogP contribution in [0.5, 0.6) is 0 Å². The normalized spacial score (nSPS) is 16.6. The molecule has 0 atom stereocenters. The van der Waals surface area contributed by atoms with E-state index in [0.717, 1.165) is 0 Å². The predicted molar refractivity (Wildman–Crippen MR) is 64.8 cm³/mol. The van der Waals surface area contributed by atoms with E-state index in [-0.39, 0.29) is 19.2 Å². The summed E-state index contributed by atoms with van der Waals surface area (Å²) in [6.07, 6.45) is 0. The molecule has 0 saturated carbocycles. The highest BCUT2D eigenvalue weighted by Gasteiger charge is 2.42. The average Bonchev–Trinajstić information content (AvgIpc) is 2.76. The smallest absolute Gasteiger partial charge is 0.329 e. The number of ether oxygens (including phenoxy) is 1. The van der Waals surface area contributed by atoms with Gasteiger partial charge in [0.2, 0.25) is 5.89 Å². The summed E-state index contributed by atoms with van der Waals surface area (Å²) in [5.74, 6) is -0.185. The lowest BCUT2D eigenvalue weighted by Gasteiger charge is -2.46. The van der Waals surface area contributed by atoms with Crippen LogP contribution in [0.4, 0.5) is 4.79 Å². The van der Waals surface area contributed by atoms with Gasteiger partial charge in [0.15, 0.2) is 5.82 Å². The van der Waals surface area contributed by atoms with Crippen LogP contribution in [-0.4, -0.2) is 57.4 Å². The molecule has 0 unspecified atom stereocenters. The number of hydrogen-bond acceptors (Lipinski definition) is 6. The molecule has 0 aromatic carbocycles. The van der Waals surface area contributed by atoms with Gasteiger partial charge in [-0.25, -0.2) is 9.59 Å². The molecule has 9 heteroatoms. The number of urea groups is 1. The van der Waals surface area contributed by atoms with Crippen molar-refractivity contribution >= 4 is 12.0 Å². The number of carbonyl (C=O) groups excluding carboxylic acids is 1. The van der Waals surface area contributed by atoms with Crippen molar-refractivity contribution in [2.75, 3.05) is 19.7 Å². The van der Waals surface area contributed by atoms with Gasteiger partial charge < -0.3 is 24.6 Å². The zero-order valence-electron chi connectivity index (χ0n) is 11.3. The molecule has 2 heterocycles. The maximum Gasteiger partial charge on any atom is 0.329 e.